The molecule has 0 saturated carbocycles. The van der Waals surface area contributed by atoms with Gasteiger partial charge in [-0.2, -0.15) is 4.98 Å². The minimum Gasteiger partial charge on any atom is -0.435 e. The van der Waals surface area contributed by atoms with Gasteiger partial charge in [0.05, 0.1) is 10.9 Å². The van der Waals surface area contributed by atoms with Crippen LogP contribution in [-0.2, 0) is 0 Å². The van der Waals surface area contributed by atoms with Crippen molar-refractivity contribution in [2.24, 2.45) is 0 Å². The van der Waals surface area contributed by atoms with Gasteiger partial charge < -0.3 is 10.5 Å². The Morgan fingerprint density at radius 1 is 1.10 bits per heavy atom. The van der Waals surface area contributed by atoms with E-state index in [2.05, 4.69) is 25.9 Å². The molecule has 0 unspecified atom stereocenters. The summed E-state index contributed by atoms with van der Waals surface area (Å²) in [5.74, 6) is -0.0948. The molecule has 0 bridgehead atoms. The van der Waals surface area contributed by atoms with Crippen molar-refractivity contribution in [3.05, 3.63) is 52.8 Å². The Bertz CT molecular complexity index is 794. The van der Waals surface area contributed by atoms with E-state index in [0.717, 1.165) is 0 Å². The Hall–Kier alpha value is -2.21. The van der Waals surface area contributed by atoms with Crippen LogP contribution in [0, 0.1) is 5.82 Å². The second-order valence-electron chi connectivity index (χ2n) is 4.08. The quantitative estimate of drug-likeness (QED) is 0.772. The van der Waals surface area contributed by atoms with Crippen LogP contribution in [0.4, 0.5) is 10.3 Å². The van der Waals surface area contributed by atoms with Crippen molar-refractivity contribution in [3.8, 4) is 11.6 Å². The summed E-state index contributed by atoms with van der Waals surface area (Å²) in [6, 6.07) is 11.8. The molecule has 0 spiro atoms. The fourth-order valence-electron chi connectivity index (χ4n) is 1.80. The minimum absolute atomic E-state index is 0.0798. The van der Waals surface area contributed by atoms with Crippen LogP contribution in [0.2, 0.25) is 0 Å². The van der Waals surface area contributed by atoms with Gasteiger partial charge in [-0.05, 0) is 30.3 Å². The number of anilines is 1. The first kappa shape index (κ1) is 12.8. The third kappa shape index (κ3) is 2.42. The summed E-state index contributed by atoms with van der Waals surface area (Å²) in [5.41, 5.74) is 6.28. The van der Waals surface area contributed by atoms with Gasteiger partial charge in [0.15, 0.2) is 11.6 Å². The smallest absolute Gasteiger partial charge is 0.232 e. The molecule has 1 aromatic heterocycles. The molecule has 100 valence electrons. The van der Waals surface area contributed by atoms with Crippen LogP contribution >= 0.6 is 15.9 Å². The van der Waals surface area contributed by atoms with Crippen molar-refractivity contribution in [1.82, 2.24) is 9.97 Å². The Morgan fingerprint density at radius 3 is 2.70 bits per heavy atom. The standard InChI is InChI=1S/C14H9BrFN3O/c15-8-5-6-12(10(16)7-8)20-13-9-3-1-2-4-11(9)18-14(17)19-13/h1-7H,(H2,17,18,19). The van der Waals surface area contributed by atoms with E-state index in [1.54, 1.807) is 18.2 Å². The maximum Gasteiger partial charge on any atom is 0.232 e. The lowest BCUT2D eigenvalue weighted by molar-refractivity contribution is 0.432. The Morgan fingerprint density at radius 2 is 1.90 bits per heavy atom. The summed E-state index contributed by atoms with van der Waals surface area (Å²) >= 11 is 3.19. The molecule has 3 aromatic rings. The highest BCUT2D eigenvalue weighted by atomic mass is 79.9. The number of ether oxygens (including phenoxy) is 1. The zero-order valence-corrected chi connectivity index (χ0v) is 11.8. The fraction of sp³-hybridized carbons (Fsp3) is 0. The van der Waals surface area contributed by atoms with E-state index < -0.39 is 5.82 Å². The van der Waals surface area contributed by atoms with Crippen molar-refractivity contribution in [2.45, 2.75) is 0 Å². The normalized spacial score (nSPS) is 10.7. The number of halogens is 2. The molecule has 3 rings (SSSR count). The van der Waals surface area contributed by atoms with E-state index in [4.69, 9.17) is 10.5 Å². The molecule has 0 atom stereocenters. The molecule has 0 fully saturated rings. The molecule has 0 aliphatic carbocycles. The maximum absolute atomic E-state index is 13.8. The molecule has 20 heavy (non-hydrogen) atoms. The van der Waals surface area contributed by atoms with Crippen molar-refractivity contribution >= 4 is 32.8 Å². The molecular formula is C14H9BrFN3O. The summed E-state index contributed by atoms with van der Waals surface area (Å²) in [5, 5.41) is 0.670. The first-order valence-corrected chi connectivity index (χ1v) is 6.58. The van der Waals surface area contributed by atoms with E-state index in [-0.39, 0.29) is 17.6 Å². The van der Waals surface area contributed by atoms with Crippen LogP contribution in [0.5, 0.6) is 11.6 Å². The Labute approximate surface area is 122 Å². The van der Waals surface area contributed by atoms with Crippen LogP contribution in [0.1, 0.15) is 0 Å². The Balaban J connectivity index is 2.10. The van der Waals surface area contributed by atoms with Gasteiger partial charge in [-0.25, -0.2) is 9.37 Å². The van der Waals surface area contributed by atoms with Crippen LogP contribution < -0.4 is 10.5 Å². The van der Waals surface area contributed by atoms with Gasteiger partial charge in [-0.15, -0.1) is 0 Å². The number of nitrogens with two attached hydrogens (primary N) is 1. The lowest BCUT2D eigenvalue weighted by Crippen LogP contribution is -1.99. The highest BCUT2D eigenvalue weighted by molar-refractivity contribution is 9.10. The second kappa shape index (κ2) is 5.05. The molecule has 0 aliphatic heterocycles. The number of aromatic nitrogens is 2. The van der Waals surface area contributed by atoms with Gasteiger partial charge in [0.2, 0.25) is 11.8 Å². The predicted octanol–water partition coefficient (Wildman–Crippen LogP) is 3.91. The SMILES string of the molecule is Nc1nc(Oc2ccc(Br)cc2F)c2ccccc2n1. The van der Waals surface area contributed by atoms with E-state index >= 15 is 0 Å². The van der Waals surface area contributed by atoms with Crippen LogP contribution in [0.25, 0.3) is 10.9 Å². The number of benzene rings is 2. The predicted molar refractivity (Wildman–Crippen MR) is 78.1 cm³/mol. The largest absolute Gasteiger partial charge is 0.435 e. The van der Waals surface area contributed by atoms with Gasteiger partial charge in [0, 0.05) is 4.47 Å². The summed E-state index contributed by atoms with van der Waals surface area (Å²) in [7, 11) is 0. The van der Waals surface area contributed by atoms with E-state index in [0.29, 0.717) is 15.4 Å². The summed E-state index contributed by atoms with van der Waals surface area (Å²) < 4.78 is 20.0. The van der Waals surface area contributed by atoms with E-state index in [9.17, 15) is 4.39 Å². The van der Waals surface area contributed by atoms with Crippen molar-refractivity contribution < 1.29 is 9.13 Å². The number of fused-ring (bicyclic) bond motifs is 1. The summed E-state index contributed by atoms with van der Waals surface area (Å²) in [6.07, 6.45) is 0. The zero-order chi connectivity index (χ0) is 14.1. The number of nitrogens with zero attached hydrogens (tertiary/aromatic N) is 2. The molecule has 0 aliphatic rings. The van der Waals surface area contributed by atoms with Crippen LogP contribution in [0.15, 0.2) is 46.9 Å². The van der Waals surface area contributed by atoms with Gasteiger partial charge in [0.1, 0.15) is 0 Å². The molecule has 2 aromatic carbocycles. The molecule has 0 amide bonds. The number of rotatable bonds is 2. The number of nitrogen functional groups attached to an aromatic ring is 1. The number of hydrogen-bond donors (Lipinski definition) is 1. The van der Waals surface area contributed by atoms with E-state index in [1.165, 1.54) is 12.1 Å². The maximum atomic E-state index is 13.8. The van der Waals surface area contributed by atoms with Gasteiger partial charge in [-0.1, -0.05) is 28.1 Å². The van der Waals surface area contributed by atoms with Gasteiger partial charge in [-0.3, -0.25) is 0 Å². The first-order chi connectivity index (χ1) is 9.63. The Kier molecular flexibility index (Phi) is 3.23. The third-order valence-corrected chi connectivity index (χ3v) is 3.18. The minimum atomic E-state index is -0.486. The number of hydrogen-bond acceptors (Lipinski definition) is 4. The van der Waals surface area contributed by atoms with Crippen LogP contribution in [0.3, 0.4) is 0 Å². The first-order valence-electron chi connectivity index (χ1n) is 5.78. The monoisotopic (exact) mass is 333 g/mol. The highest BCUT2D eigenvalue weighted by Gasteiger charge is 2.11. The lowest BCUT2D eigenvalue weighted by atomic mass is 10.2. The third-order valence-electron chi connectivity index (χ3n) is 2.69. The van der Waals surface area contributed by atoms with Crippen molar-refractivity contribution in [1.29, 1.82) is 0 Å². The van der Waals surface area contributed by atoms with Gasteiger partial charge in [0.25, 0.3) is 0 Å². The second-order valence-corrected chi connectivity index (χ2v) is 5.00. The average Bonchev–Trinajstić information content (AvgIpc) is 2.41. The fourth-order valence-corrected chi connectivity index (χ4v) is 2.14. The molecule has 4 nitrogen and oxygen atoms in total. The zero-order valence-electron chi connectivity index (χ0n) is 10.2. The average molecular weight is 334 g/mol. The molecule has 2 N–H and O–H groups in total. The van der Waals surface area contributed by atoms with E-state index in [1.807, 2.05) is 12.1 Å². The number of para-hydroxylation sites is 1. The molecule has 0 saturated heterocycles. The lowest BCUT2D eigenvalue weighted by Gasteiger charge is -2.09. The topological polar surface area (TPSA) is 61.0 Å². The molecule has 6 heteroatoms. The molecule has 1 heterocycles. The molecular weight excluding hydrogens is 325 g/mol. The van der Waals surface area contributed by atoms with Crippen LogP contribution in [-0.4, -0.2) is 9.97 Å². The summed E-state index contributed by atoms with van der Waals surface area (Å²) in [4.78, 5) is 8.13. The highest BCUT2D eigenvalue weighted by Crippen LogP contribution is 2.30. The van der Waals surface area contributed by atoms with Gasteiger partial charge >= 0.3 is 0 Å². The summed E-state index contributed by atoms with van der Waals surface area (Å²) in [6.45, 7) is 0. The van der Waals surface area contributed by atoms with Crippen molar-refractivity contribution in [3.63, 3.8) is 0 Å². The molecule has 0 radical (unpaired) electrons. The van der Waals surface area contributed by atoms with Crippen molar-refractivity contribution in [2.75, 3.05) is 5.73 Å².